The van der Waals surface area contributed by atoms with E-state index in [0.717, 1.165) is 22.2 Å². The van der Waals surface area contributed by atoms with Gasteiger partial charge in [0.25, 0.3) is 0 Å². The third-order valence-corrected chi connectivity index (χ3v) is 2.60. The van der Waals surface area contributed by atoms with Crippen molar-refractivity contribution < 1.29 is 4.74 Å². The average molecular weight is 223 g/mol. The van der Waals surface area contributed by atoms with Gasteiger partial charge in [0.15, 0.2) is 0 Å². The molecule has 0 radical (unpaired) electrons. The zero-order valence-corrected chi connectivity index (χ0v) is 9.08. The number of nitrogens with two attached hydrogens (primary N) is 1. The van der Waals surface area contributed by atoms with Crippen molar-refractivity contribution in [3.05, 3.63) is 35.0 Å². The summed E-state index contributed by atoms with van der Waals surface area (Å²) in [4.78, 5) is 4.26. The van der Waals surface area contributed by atoms with Gasteiger partial charge < -0.3 is 10.5 Å². The number of rotatable bonds is 2. The SMILES string of the molecule is COc1ccc2cc(CN)c(Cl)nc2c1. The van der Waals surface area contributed by atoms with Crippen LogP contribution < -0.4 is 10.5 Å². The van der Waals surface area contributed by atoms with E-state index in [9.17, 15) is 0 Å². The molecule has 0 saturated carbocycles. The van der Waals surface area contributed by atoms with Crippen LogP contribution in [-0.4, -0.2) is 12.1 Å². The van der Waals surface area contributed by atoms with Crippen LogP contribution in [0.5, 0.6) is 5.75 Å². The highest BCUT2D eigenvalue weighted by Gasteiger charge is 2.04. The van der Waals surface area contributed by atoms with E-state index in [1.807, 2.05) is 24.3 Å². The van der Waals surface area contributed by atoms with Gasteiger partial charge >= 0.3 is 0 Å². The number of ether oxygens (including phenoxy) is 1. The Morgan fingerprint density at radius 3 is 2.87 bits per heavy atom. The number of pyridine rings is 1. The van der Waals surface area contributed by atoms with Crippen molar-refractivity contribution in [1.82, 2.24) is 4.98 Å². The zero-order chi connectivity index (χ0) is 10.8. The number of hydrogen-bond acceptors (Lipinski definition) is 3. The Balaban J connectivity index is 2.65. The number of benzene rings is 1. The molecule has 0 aliphatic heterocycles. The summed E-state index contributed by atoms with van der Waals surface area (Å²) in [5.74, 6) is 0.770. The van der Waals surface area contributed by atoms with Crippen molar-refractivity contribution in [2.45, 2.75) is 6.54 Å². The van der Waals surface area contributed by atoms with E-state index in [4.69, 9.17) is 22.1 Å². The van der Waals surface area contributed by atoms with Crippen LogP contribution in [0.15, 0.2) is 24.3 Å². The summed E-state index contributed by atoms with van der Waals surface area (Å²) in [6.07, 6.45) is 0. The topological polar surface area (TPSA) is 48.1 Å². The van der Waals surface area contributed by atoms with Gasteiger partial charge in [-0.15, -0.1) is 0 Å². The Hall–Kier alpha value is -1.32. The highest BCUT2D eigenvalue weighted by molar-refractivity contribution is 6.30. The van der Waals surface area contributed by atoms with E-state index in [2.05, 4.69) is 4.98 Å². The lowest BCUT2D eigenvalue weighted by Gasteiger charge is -2.05. The molecule has 0 saturated heterocycles. The number of halogens is 1. The fraction of sp³-hybridized carbons (Fsp3) is 0.182. The highest BCUT2D eigenvalue weighted by Crippen LogP contribution is 2.23. The second kappa shape index (κ2) is 4.04. The Labute approximate surface area is 92.8 Å². The Morgan fingerprint density at radius 1 is 1.40 bits per heavy atom. The quantitative estimate of drug-likeness (QED) is 0.794. The predicted octanol–water partition coefficient (Wildman–Crippen LogP) is 2.36. The molecule has 15 heavy (non-hydrogen) atoms. The van der Waals surface area contributed by atoms with E-state index in [1.54, 1.807) is 7.11 Å². The molecule has 1 aromatic heterocycles. The minimum Gasteiger partial charge on any atom is -0.497 e. The molecule has 2 aromatic rings. The van der Waals surface area contributed by atoms with Crippen molar-refractivity contribution in [1.29, 1.82) is 0 Å². The molecule has 4 heteroatoms. The smallest absolute Gasteiger partial charge is 0.134 e. The van der Waals surface area contributed by atoms with Crippen molar-refractivity contribution in [3.8, 4) is 5.75 Å². The van der Waals surface area contributed by atoms with E-state index < -0.39 is 0 Å². The maximum Gasteiger partial charge on any atom is 0.134 e. The van der Waals surface area contributed by atoms with Gasteiger partial charge in [0.05, 0.1) is 12.6 Å². The number of nitrogens with zero attached hydrogens (tertiary/aromatic N) is 1. The molecular weight excluding hydrogens is 212 g/mol. The standard InChI is InChI=1S/C11H11ClN2O/c1-15-9-3-2-7-4-8(6-13)11(12)14-10(7)5-9/h2-5H,6,13H2,1H3. The van der Waals surface area contributed by atoms with Crippen LogP contribution in [0, 0.1) is 0 Å². The minimum absolute atomic E-state index is 0.397. The molecule has 0 amide bonds. The van der Waals surface area contributed by atoms with Crippen LogP contribution in [0.25, 0.3) is 10.9 Å². The minimum atomic E-state index is 0.397. The van der Waals surface area contributed by atoms with Gasteiger partial charge in [-0.3, -0.25) is 0 Å². The molecule has 0 bridgehead atoms. The third-order valence-electron chi connectivity index (χ3n) is 2.27. The summed E-state index contributed by atoms with van der Waals surface area (Å²) in [6.45, 7) is 0.397. The molecule has 2 rings (SSSR count). The maximum absolute atomic E-state index is 5.97. The number of aromatic nitrogens is 1. The van der Waals surface area contributed by atoms with Crippen molar-refractivity contribution >= 4 is 22.5 Å². The monoisotopic (exact) mass is 222 g/mol. The molecule has 0 aliphatic rings. The van der Waals surface area contributed by atoms with Gasteiger partial charge in [-0.05, 0) is 18.2 Å². The Morgan fingerprint density at radius 2 is 2.20 bits per heavy atom. The molecule has 0 unspecified atom stereocenters. The molecule has 2 N–H and O–H groups in total. The summed E-state index contributed by atoms with van der Waals surface area (Å²) in [6, 6.07) is 7.63. The summed E-state index contributed by atoms with van der Waals surface area (Å²) < 4.78 is 5.11. The molecule has 1 heterocycles. The summed E-state index contributed by atoms with van der Waals surface area (Å²) in [7, 11) is 1.62. The summed E-state index contributed by atoms with van der Waals surface area (Å²) in [5, 5.41) is 1.47. The Bertz CT molecular complexity index is 499. The fourth-order valence-electron chi connectivity index (χ4n) is 1.44. The fourth-order valence-corrected chi connectivity index (χ4v) is 1.66. The second-order valence-corrected chi connectivity index (χ2v) is 3.56. The van der Waals surface area contributed by atoms with E-state index in [0.29, 0.717) is 11.7 Å². The zero-order valence-electron chi connectivity index (χ0n) is 8.33. The van der Waals surface area contributed by atoms with Crippen LogP contribution in [0.3, 0.4) is 0 Å². The third kappa shape index (κ3) is 1.89. The predicted molar refractivity (Wildman–Crippen MR) is 61.2 cm³/mol. The first-order valence-electron chi connectivity index (χ1n) is 4.58. The van der Waals surface area contributed by atoms with Crippen molar-refractivity contribution in [2.24, 2.45) is 5.73 Å². The largest absolute Gasteiger partial charge is 0.497 e. The van der Waals surface area contributed by atoms with Crippen LogP contribution in [0.4, 0.5) is 0 Å². The molecule has 0 spiro atoms. The van der Waals surface area contributed by atoms with Crippen LogP contribution >= 0.6 is 11.6 Å². The normalized spacial score (nSPS) is 10.6. The van der Waals surface area contributed by atoms with Crippen molar-refractivity contribution in [2.75, 3.05) is 7.11 Å². The molecule has 1 aromatic carbocycles. The first-order valence-corrected chi connectivity index (χ1v) is 4.95. The highest BCUT2D eigenvalue weighted by atomic mass is 35.5. The van der Waals surface area contributed by atoms with Gasteiger partial charge in [0.1, 0.15) is 10.9 Å². The van der Waals surface area contributed by atoms with Gasteiger partial charge in [0.2, 0.25) is 0 Å². The molecule has 78 valence electrons. The van der Waals surface area contributed by atoms with Gasteiger partial charge in [-0.2, -0.15) is 0 Å². The summed E-state index contributed by atoms with van der Waals surface area (Å²) >= 11 is 5.97. The lowest BCUT2D eigenvalue weighted by molar-refractivity contribution is 0.415. The van der Waals surface area contributed by atoms with Gasteiger partial charge in [-0.1, -0.05) is 11.6 Å². The van der Waals surface area contributed by atoms with E-state index in [1.165, 1.54) is 0 Å². The molecule has 0 fully saturated rings. The first-order chi connectivity index (χ1) is 7.24. The maximum atomic E-state index is 5.97. The molecular formula is C11H11ClN2O. The molecule has 3 nitrogen and oxygen atoms in total. The molecule has 0 aliphatic carbocycles. The number of methoxy groups -OCH3 is 1. The van der Waals surface area contributed by atoms with Crippen molar-refractivity contribution in [3.63, 3.8) is 0 Å². The van der Waals surface area contributed by atoms with E-state index >= 15 is 0 Å². The van der Waals surface area contributed by atoms with Crippen LogP contribution in [-0.2, 0) is 6.54 Å². The molecule has 0 atom stereocenters. The summed E-state index contributed by atoms with van der Waals surface area (Å²) in [5.41, 5.74) is 7.22. The average Bonchev–Trinajstić information content (AvgIpc) is 2.27. The Kier molecular flexibility index (Phi) is 2.75. The van der Waals surface area contributed by atoms with Crippen LogP contribution in [0.2, 0.25) is 5.15 Å². The van der Waals surface area contributed by atoms with Gasteiger partial charge in [0, 0.05) is 23.6 Å². The second-order valence-electron chi connectivity index (χ2n) is 3.20. The lowest BCUT2D eigenvalue weighted by atomic mass is 10.1. The van der Waals surface area contributed by atoms with E-state index in [-0.39, 0.29) is 0 Å². The van der Waals surface area contributed by atoms with Gasteiger partial charge in [-0.25, -0.2) is 4.98 Å². The van der Waals surface area contributed by atoms with Crippen LogP contribution in [0.1, 0.15) is 5.56 Å². The lowest BCUT2D eigenvalue weighted by Crippen LogP contribution is -1.98. The first kappa shape index (κ1) is 10.2. The number of fused-ring (bicyclic) bond motifs is 1. The number of hydrogen-bond donors (Lipinski definition) is 1.